The number of fused-ring (bicyclic) bond motifs is 3. The van der Waals surface area contributed by atoms with E-state index in [1.807, 2.05) is 24.5 Å². The van der Waals surface area contributed by atoms with Crippen LogP contribution in [0.1, 0.15) is 6.42 Å². The number of hydrogen-bond donors (Lipinski definition) is 1. The summed E-state index contributed by atoms with van der Waals surface area (Å²) in [6.45, 7) is 1.03. The first-order valence-electron chi connectivity index (χ1n) is 5.93. The number of aliphatic hydroxyl groups excluding tert-OH is 1. The van der Waals surface area contributed by atoms with Crippen LogP contribution in [0.15, 0.2) is 41.1 Å². The minimum Gasteiger partial charge on any atom is -0.396 e. The Kier molecular flexibility index (Phi) is 3.06. The molecule has 0 radical (unpaired) electrons. The van der Waals surface area contributed by atoms with Crippen molar-refractivity contribution in [1.82, 2.24) is 9.55 Å². The van der Waals surface area contributed by atoms with Gasteiger partial charge in [-0.3, -0.25) is 4.98 Å². The number of nitrogens with zero attached hydrogens (tertiary/aromatic N) is 2. The SMILES string of the molecule is OCCCn1c2ccncc2c2ccc(Br)cc21. The van der Waals surface area contributed by atoms with E-state index in [0.717, 1.165) is 22.8 Å². The molecule has 3 aromatic rings. The minimum absolute atomic E-state index is 0.209. The number of hydrogen-bond acceptors (Lipinski definition) is 2. The van der Waals surface area contributed by atoms with Gasteiger partial charge in [0.15, 0.2) is 0 Å². The lowest BCUT2D eigenvalue weighted by Gasteiger charge is -2.05. The van der Waals surface area contributed by atoms with Crippen molar-refractivity contribution in [2.75, 3.05) is 6.61 Å². The second-order valence-electron chi connectivity index (χ2n) is 4.28. The topological polar surface area (TPSA) is 38.0 Å². The highest BCUT2D eigenvalue weighted by atomic mass is 79.9. The Labute approximate surface area is 113 Å². The summed E-state index contributed by atoms with van der Waals surface area (Å²) in [6, 6.07) is 8.30. The molecule has 0 fully saturated rings. The fraction of sp³-hybridized carbons (Fsp3) is 0.214. The maximum absolute atomic E-state index is 9.03. The first-order chi connectivity index (χ1) is 8.81. The number of aromatic nitrogens is 2. The molecule has 0 saturated carbocycles. The average molecular weight is 305 g/mol. The molecule has 0 bridgehead atoms. The molecule has 0 aliphatic rings. The van der Waals surface area contributed by atoms with Gasteiger partial charge >= 0.3 is 0 Å². The number of aryl methyl sites for hydroxylation is 1. The normalized spacial score (nSPS) is 11.4. The summed E-state index contributed by atoms with van der Waals surface area (Å²) in [5.74, 6) is 0. The Bertz CT molecular complexity index is 705. The van der Waals surface area contributed by atoms with Crippen molar-refractivity contribution >= 4 is 37.7 Å². The van der Waals surface area contributed by atoms with E-state index >= 15 is 0 Å². The molecule has 18 heavy (non-hydrogen) atoms. The van der Waals surface area contributed by atoms with Gasteiger partial charge in [-0.25, -0.2) is 0 Å². The molecular weight excluding hydrogens is 292 g/mol. The van der Waals surface area contributed by atoms with Crippen molar-refractivity contribution in [2.45, 2.75) is 13.0 Å². The zero-order chi connectivity index (χ0) is 12.5. The first-order valence-corrected chi connectivity index (χ1v) is 6.73. The van der Waals surface area contributed by atoms with Gasteiger partial charge in [0.2, 0.25) is 0 Å². The first kappa shape index (κ1) is 11.7. The quantitative estimate of drug-likeness (QED) is 0.806. The highest BCUT2D eigenvalue weighted by molar-refractivity contribution is 9.10. The Morgan fingerprint density at radius 3 is 2.89 bits per heavy atom. The van der Waals surface area contributed by atoms with E-state index in [9.17, 15) is 0 Å². The second-order valence-corrected chi connectivity index (χ2v) is 5.20. The highest BCUT2D eigenvalue weighted by Gasteiger charge is 2.10. The van der Waals surface area contributed by atoms with Crippen molar-refractivity contribution in [3.63, 3.8) is 0 Å². The smallest absolute Gasteiger partial charge is 0.0522 e. The largest absolute Gasteiger partial charge is 0.396 e. The fourth-order valence-electron chi connectivity index (χ4n) is 2.39. The molecule has 0 aliphatic heterocycles. The zero-order valence-corrected chi connectivity index (χ0v) is 11.4. The minimum atomic E-state index is 0.209. The maximum atomic E-state index is 9.03. The van der Waals surface area contributed by atoms with E-state index in [1.54, 1.807) is 0 Å². The molecule has 1 N–H and O–H groups in total. The third-order valence-electron chi connectivity index (χ3n) is 3.17. The molecule has 0 spiro atoms. The number of rotatable bonds is 3. The summed E-state index contributed by atoms with van der Waals surface area (Å²) in [5, 5.41) is 11.4. The van der Waals surface area contributed by atoms with E-state index in [0.29, 0.717) is 0 Å². The lowest BCUT2D eigenvalue weighted by molar-refractivity contribution is 0.281. The van der Waals surface area contributed by atoms with Crippen LogP contribution < -0.4 is 0 Å². The van der Waals surface area contributed by atoms with Crippen LogP contribution in [0.3, 0.4) is 0 Å². The van der Waals surface area contributed by atoms with Crippen LogP contribution in [0.2, 0.25) is 0 Å². The molecule has 3 nitrogen and oxygen atoms in total. The highest BCUT2D eigenvalue weighted by Crippen LogP contribution is 2.30. The van der Waals surface area contributed by atoms with Gasteiger partial charge in [0, 0.05) is 40.8 Å². The Balaban J connectivity index is 2.35. The van der Waals surface area contributed by atoms with Crippen molar-refractivity contribution < 1.29 is 5.11 Å². The molecular formula is C14H13BrN2O. The molecule has 4 heteroatoms. The summed E-state index contributed by atoms with van der Waals surface area (Å²) in [4.78, 5) is 4.20. The van der Waals surface area contributed by atoms with Crippen molar-refractivity contribution in [1.29, 1.82) is 0 Å². The van der Waals surface area contributed by atoms with E-state index < -0.39 is 0 Å². The lowest BCUT2D eigenvalue weighted by atomic mass is 10.2. The van der Waals surface area contributed by atoms with Crippen LogP contribution in [0.5, 0.6) is 0 Å². The molecule has 2 aromatic heterocycles. The molecule has 0 unspecified atom stereocenters. The van der Waals surface area contributed by atoms with Crippen LogP contribution in [0.4, 0.5) is 0 Å². The van der Waals surface area contributed by atoms with Crippen molar-refractivity contribution in [3.8, 4) is 0 Å². The summed E-state index contributed by atoms with van der Waals surface area (Å²) < 4.78 is 3.31. The second kappa shape index (κ2) is 4.71. The Hall–Kier alpha value is -1.39. The molecule has 0 amide bonds. The van der Waals surface area contributed by atoms with Crippen LogP contribution >= 0.6 is 15.9 Å². The number of aliphatic hydroxyl groups is 1. The van der Waals surface area contributed by atoms with E-state index in [2.05, 4.69) is 37.6 Å². The van der Waals surface area contributed by atoms with E-state index in [-0.39, 0.29) is 6.61 Å². The maximum Gasteiger partial charge on any atom is 0.0522 e. The summed E-state index contributed by atoms with van der Waals surface area (Å²) in [7, 11) is 0. The third-order valence-corrected chi connectivity index (χ3v) is 3.66. The summed E-state index contributed by atoms with van der Waals surface area (Å²) in [5.41, 5.74) is 2.35. The summed E-state index contributed by atoms with van der Waals surface area (Å²) in [6.07, 6.45) is 4.47. The zero-order valence-electron chi connectivity index (χ0n) is 9.81. The van der Waals surface area contributed by atoms with E-state index in [4.69, 9.17) is 5.11 Å². The summed E-state index contributed by atoms with van der Waals surface area (Å²) >= 11 is 3.51. The number of pyridine rings is 1. The number of halogens is 1. The Morgan fingerprint density at radius 2 is 2.06 bits per heavy atom. The van der Waals surface area contributed by atoms with Gasteiger partial charge in [0.25, 0.3) is 0 Å². The van der Waals surface area contributed by atoms with Gasteiger partial charge in [-0.2, -0.15) is 0 Å². The van der Waals surface area contributed by atoms with Gasteiger partial charge in [-0.15, -0.1) is 0 Å². The van der Waals surface area contributed by atoms with Crippen molar-refractivity contribution in [3.05, 3.63) is 41.1 Å². The van der Waals surface area contributed by atoms with Crippen LogP contribution in [-0.4, -0.2) is 21.3 Å². The fourth-order valence-corrected chi connectivity index (χ4v) is 2.73. The van der Waals surface area contributed by atoms with Gasteiger partial charge in [0.1, 0.15) is 0 Å². The molecule has 2 heterocycles. The van der Waals surface area contributed by atoms with E-state index in [1.165, 1.54) is 16.4 Å². The van der Waals surface area contributed by atoms with Gasteiger partial charge in [-0.1, -0.05) is 22.0 Å². The standard InChI is InChI=1S/C14H13BrN2O/c15-10-2-3-11-12-9-16-5-4-13(12)17(6-1-7-18)14(11)8-10/h2-5,8-9,18H,1,6-7H2. The molecule has 0 atom stereocenters. The van der Waals surface area contributed by atoms with Crippen molar-refractivity contribution in [2.24, 2.45) is 0 Å². The Morgan fingerprint density at radius 1 is 1.17 bits per heavy atom. The molecule has 3 rings (SSSR count). The predicted octanol–water partition coefficient (Wildman–Crippen LogP) is 3.33. The molecule has 1 aromatic carbocycles. The van der Waals surface area contributed by atoms with Gasteiger partial charge in [-0.05, 0) is 24.6 Å². The molecule has 0 aliphatic carbocycles. The average Bonchev–Trinajstić information content (AvgIpc) is 2.70. The van der Waals surface area contributed by atoms with Crippen LogP contribution in [0.25, 0.3) is 21.8 Å². The number of benzene rings is 1. The van der Waals surface area contributed by atoms with Crippen LogP contribution in [0, 0.1) is 0 Å². The lowest BCUT2D eigenvalue weighted by Crippen LogP contribution is -1.99. The molecule has 0 saturated heterocycles. The predicted molar refractivity (Wildman–Crippen MR) is 76.6 cm³/mol. The van der Waals surface area contributed by atoms with Gasteiger partial charge < -0.3 is 9.67 Å². The third kappa shape index (κ3) is 1.82. The monoisotopic (exact) mass is 304 g/mol. The molecule has 92 valence electrons. The van der Waals surface area contributed by atoms with Crippen LogP contribution in [-0.2, 0) is 6.54 Å². The van der Waals surface area contributed by atoms with Gasteiger partial charge in [0.05, 0.1) is 11.0 Å².